The first-order valence-electron chi connectivity index (χ1n) is 11.5. The maximum atomic E-state index is 13.8. The zero-order chi connectivity index (χ0) is 22.1. The van der Waals surface area contributed by atoms with Crippen molar-refractivity contribution in [2.75, 3.05) is 38.2 Å². The first-order valence-corrected chi connectivity index (χ1v) is 11.5. The lowest BCUT2D eigenvalue weighted by Crippen LogP contribution is -2.32. The lowest BCUT2D eigenvalue weighted by Gasteiger charge is -2.28. The maximum absolute atomic E-state index is 13.8. The number of hydrogen-bond acceptors (Lipinski definition) is 5. The Balaban J connectivity index is 1.23. The van der Waals surface area contributed by atoms with Crippen molar-refractivity contribution in [2.45, 2.75) is 37.9 Å². The molecule has 3 aliphatic rings. The van der Waals surface area contributed by atoms with Gasteiger partial charge in [0, 0.05) is 44.5 Å². The van der Waals surface area contributed by atoms with Gasteiger partial charge in [0.2, 0.25) is 0 Å². The number of anilines is 1. The van der Waals surface area contributed by atoms with E-state index in [2.05, 4.69) is 20.4 Å². The summed E-state index contributed by atoms with van der Waals surface area (Å²) in [6, 6.07) is 9.96. The molecule has 0 bridgehead atoms. The van der Waals surface area contributed by atoms with Crippen LogP contribution in [0.3, 0.4) is 0 Å². The summed E-state index contributed by atoms with van der Waals surface area (Å²) in [6.07, 6.45) is -0.457. The highest BCUT2D eigenvalue weighted by Crippen LogP contribution is 2.41. The Labute approximate surface area is 186 Å². The summed E-state index contributed by atoms with van der Waals surface area (Å²) in [6.45, 7) is 4.95. The van der Waals surface area contributed by atoms with E-state index in [0.29, 0.717) is 23.3 Å². The Morgan fingerprint density at radius 3 is 2.34 bits per heavy atom. The molecule has 5 nitrogen and oxygen atoms in total. The first kappa shape index (κ1) is 21.6. The van der Waals surface area contributed by atoms with E-state index in [-0.39, 0.29) is 17.6 Å². The van der Waals surface area contributed by atoms with Crippen molar-refractivity contribution in [3.05, 3.63) is 42.0 Å². The van der Waals surface area contributed by atoms with Gasteiger partial charge in [0.25, 0.3) is 0 Å². The second kappa shape index (κ2) is 8.98. The van der Waals surface area contributed by atoms with Crippen molar-refractivity contribution in [3.63, 3.8) is 0 Å². The number of alkyl halides is 3. The second-order valence-corrected chi connectivity index (χ2v) is 9.46. The Bertz CT molecular complexity index is 903. The number of nitrogens with one attached hydrogen (secondary N) is 1. The van der Waals surface area contributed by atoms with Gasteiger partial charge in [-0.3, -0.25) is 0 Å². The zero-order valence-electron chi connectivity index (χ0n) is 18.0. The number of nitrogens with zero attached hydrogens (tertiary/aromatic N) is 3. The average Bonchev–Trinajstić information content (AvgIpc) is 3.32. The van der Waals surface area contributed by atoms with Crippen LogP contribution in [0.15, 0.2) is 36.4 Å². The van der Waals surface area contributed by atoms with E-state index in [1.165, 1.54) is 0 Å². The van der Waals surface area contributed by atoms with Crippen LogP contribution in [0, 0.1) is 17.8 Å². The predicted molar refractivity (Wildman–Crippen MR) is 116 cm³/mol. The third kappa shape index (κ3) is 4.76. The smallest absolute Gasteiger partial charge is 0.381 e. The van der Waals surface area contributed by atoms with Crippen LogP contribution in [0.4, 0.5) is 19.0 Å². The van der Waals surface area contributed by atoms with E-state index >= 15 is 0 Å². The maximum Gasteiger partial charge on any atom is 0.420 e. The Kier molecular flexibility index (Phi) is 6.07. The molecule has 1 N–H and O–H groups in total. The van der Waals surface area contributed by atoms with Crippen molar-refractivity contribution in [3.8, 4) is 11.3 Å². The summed E-state index contributed by atoms with van der Waals surface area (Å²) in [5.41, 5.74) is 0.108. The highest BCUT2D eigenvalue weighted by molar-refractivity contribution is 5.62. The van der Waals surface area contributed by atoms with Gasteiger partial charge < -0.3 is 15.0 Å². The fourth-order valence-electron chi connectivity index (χ4n) is 5.62. The Hall–Kier alpha value is -2.19. The molecule has 3 heterocycles. The molecule has 1 aromatic carbocycles. The lowest BCUT2D eigenvalue weighted by molar-refractivity contribution is -0.137. The van der Waals surface area contributed by atoms with Gasteiger partial charge in [-0.1, -0.05) is 30.3 Å². The fourth-order valence-corrected chi connectivity index (χ4v) is 5.62. The fraction of sp³-hybridized carbons (Fsp3) is 0.583. The van der Waals surface area contributed by atoms with Gasteiger partial charge in [-0.15, -0.1) is 10.2 Å². The number of aromatic nitrogens is 2. The molecule has 2 saturated heterocycles. The summed E-state index contributed by atoms with van der Waals surface area (Å²) in [4.78, 5) is 2.55. The van der Waals surface area contributed by atoms with Crippen LogP contribution >= 0.6 is 0 Å². The van der Waals surface area contributed by atoms with Crippen LogP contribution in [0.5, 0.6) is 0 Å². The molecule has 3 atom stereocenters. The SMILES string of the molecule is FC(F)(F)c1cc(-c2ccccc2)nnc1N[C@H]1C[C@@H]2CN(CC3CCOCC3)C[C@@H]2C1. The third-order valence-corrected chi connectivity index (χ3v) is 7.19. The van der Waals surface area contributed by atoms with E-state index in [1.807, 2.05) is 6.07 Å². The van der Waals surface area contributed by atoms with Gasteiger partial charge in [0.15, 0.2) is 5.82 Å². The molecule has 1 aromatic heterocycles. The van der Waals surface area contributed by atoms with Gasteiger partial charge >= 0.3 is 6.18 Å². The van der Waals surface area contributed by atoms with Crippen LogP contribution in [0.1, 0.15) is 31.2 Å². The summed E-state index contributed by atoms with van der Waals surface area (Å²) in [5, 5.41) is 11.1. The molecule has 8 heteroatoms. The lowest BCUT2D eigenvalue weighted by atomic mass is 10.00. The van der Waals surface area contributed by atoms with Crippen LogP contribution in [0.25, 0.3) is 11.3 Å². The summed E-state index contributed by atoms with van der Waals surface area (Å²) in [5.74, 6) is 1.64. The molecule has 0 spiro atoms. The molecule has 3 fully saturated rings. The number of ether oxygens (including phenoxy) is 1. The van der Waals surface area contributed by atoms with E-state index in [0.717, 1.165) is 64.6 Å². The molecular weight excluding hydrogens is 417 g/mol. The van der Waals surface area contributed by atoms with Crippen molar-refractivity contribution >= 4 is 5.82 Å². The van der Waals surface area contributed by atoms with E-state index in [4.69, 9.17) is 4.74 Å². The van der Waals surface area contributed by atoms with E-state index in [1.54, 1.807) is 24.3 Å². The number of fused-ring (bicyclic) bond motifs is 1. The topological polar surface area (TPSA) is 50.3 Å². The van der Waals surface area contributed by atoms with Crippen LogP contribution < -0.4 is 5.32 Å². The molecule has 1 aliphatic carbocycles. The number of benzene rings is 1. The van der Waals surface area contributed by atoms with Crippen molar-refractivity contribution < 1.29 is 17.9 Å². The molecule has 0 amide bonds. The molecule has 32 heavy (non-hydrogen) atoms. The van der Waals surface area contributed by atoms with E-state index < -0.39 is 11.7 Å². The summed E-state index contributed by atoms with van der Waals surface area (Å²) < 4.78 is 46.9. The van der Waals surface area contributed by atoms with Crippen LogP contribution in [-0.4, -0.2) is 54.0 Å². The first-order chi connectivity index (χ1) is 15.5. The summed E-state index contributed by atoms with van der Waals surface area (Å²) in [7, 11) is 0. The van der Waals surface area contributed by atoms with Crippen LogP contribution in [-0.2, 0) is 10.9 Å². The monoisotopic (exact) mass is 446 g/mol. The minimum atomic E-state index is -4.49. The highest BCUT2D eigenvalue weighted by atomic mass is 19.4. The van der Waals surface area contributed by atoms with Crippen molar-refractivity contribution in [1.82, 2.24) is 15.1 Å². The third-order valence-electron chi connectivity index (χ3n) is 7.19. The molecule has 5 rings (SSSR count). The molecule has 2 aromatic rings. The van der Waals surface area contributed by atoms with Crippen molar-refractivity contribution in [2.24, 2.45) is 17.8 Å². The Morgan fingerprint density at radius 1 is 1.00 bits per heavy atom. The normalized spacial score (nSPS) is 26.9. The minimum absolute atomic E-state index is 0.00760. The van der Waals surface area contributed by atoms with Gasteiger partial charge in [-0.05, 0) is 49.5 Å². The zero-order valence-corrected chi connectivity index (χ0v) is 18.0. The van der Waals surface area contributed by atoms with E-state index in [9.17, 15) is 13.2 Å². The predicted octanol–water partition coefficient (Wildman–Crippen LogP) is 4.71. The Morgan fingerprint density at radius 2 is 1.69 bits per heavy atom. The molecule has 1 saturated carbocycles. The molecule has 172 valence electrons. The largest absolute Gasteiger partial charge is 0.420 e. The van der Waals surface area contributed by atoms with Gasteiger partial charge in [0.1, 0.15) is 5.56 Å². The highest BCUT2D eigenvalue weighted by Gasteiger charge is 2.42. The van der Waals surface area contributed by atoms with Gasteiger partial charge in [0.05, 0.1) is 5.69 Å². The molecular formula is C24H29F3N4O. The number of hydrogen-bond donors (Lipinski definition) is 1. The summed E-state index contributed by atoms with van der Waals surface area (Å²) >= 11 is 0. The average molecular weight is 447 g/mol. The molecule has 0 radical (unpaired) electrons. The van der Waals surface area contributed by atoms with Gasteiger partial charge in [-0.2, -0.15) is 13.2 Å². The van der Waals surface area contributed by atoms with Crippen LogP contribution in [0.2, 0.25) is 0 Å². The van der Waals surface area contributed by atoms with Gasteiger partial charge in [-0.25, -0.2) is 0 Å². The molecule has 0 unspecified atom stereocenters. The minimum Gasteiger partial charge on any atom is -0.381 e. The standard InChI is InChI=1S/C24H29F3N4O/c25-24(26,27)21-12-22(17-4-2-1-3-5-17)29-30-23(21)28-20-10-18-14-31(15-19(18)11-20)13-16-6-8-32-9-7-16/h1-5,12,16,18-20H,6-11,13-15H2,(H,28,30)/t18-,19+,20+. The number of rotatable bonds is 5. The quantitative estimate of drug-likeness (QED) is 0.721. The van der Waals surface area contributed by atoms with Crippen molar-refractivity contribution in [1.29, 1.82) is 0 Å². The molecule has 2 aliphatic heterocycles. The second-order valence-electron chi connectivity index (χ2n) is 9.46. The number of likely N-dealkylation sites (tertiary alicyclic amines) is 1. The number of halogens is 3.